The minimum Gasteiger partial charge on any atom is -0.481 e. The lowest BCUT2D eigenvalue weighted by Crippen LogP contribution is -2.37. The van der Waals surface area contributed by atoms with Gasteiger partial charge >= 0.3 is 12.0 Å². The number of rotatable bonds is 9. The molecule has 1 unspecified atom stereocenters. The first-order valence-corrected chi connectivity index (χ1v) is 15.2. The van der Waals surface area contributed by atoms with Crippen LogP contribution in [0.2, 0.25) is 5.02 Å². The number of carboxylic acid groups (broad SMARTS) is 1. The second-order valence-corrected chi connectivity index (χ2v) is 12.6. The molecule has 0 saturated carbocycles. The van der Waals surface area contributed by atoms with Gasteiger partial charge in [0.2, 0.25) is 5.91 Å². The second kappa shape index (κ2) is 14.9. The SMILES string of the molecule is CC(C)(C)CC(=O)N1CCCN(c2ccc(C(=O)NC(CC(=O)O)c3cccnc3)cc2NC(=O)Nc2ccc(Cl)cc2)CC1. The van der Waals surface area contributed by atoms with Crippen LogP contribution in [0.15, 0.2) is 67.0 Å². The standard InChI is InChI=1S/C33H39ClN6O5/c1-33(2,3)20-29(41)40-15-5-14-39(16-17-40)28-12-7-22(18-27(28)38-32(45)36-25-10-8-24(34)9-11-25)31(44)37-26(19-30(42)43)23-6-4-13-35-21-23/h4,6-13,18,21,26H,5,14-17,19-20H2,1-3H3,(H,37,44)(H,42,43)(H2,36,38,45). The molecule has 0 radical (unpaired) electrons. The number of nitrogens with zero attached hydrogens (tertiary/aromatic N) is 3. The van der Waals surface area contributed by atoms with Gasteiger partial charge in [-0.15, -0.1) is 0 Å². The summed E-state index contributed by atoms with van der Waals surface area (Å²) >= 11 is 5.98. The third-order valence-corrected chi connectivity index (χ3v) is 7.50. The Morgan fingerprint density at radius 2 is 1.73 bits per heavy atom. The average molecular weight is 635 g/mol. The number of urea groups is 1. The fourth-order valence-corrected chi connectivity index (χ4v) is 5.22. The van der Waals surface area contributed by atoms with E-state index in [1.807, 2.05) is 25.7 Å². The van der Waals surface area contributed by atoms with E-state index in [1.54, 1.807) is 60.8 Å². The molecule has 11 nitrogen and oxygen atoms in total. The number of carbonyl (C=O) groups excluding carboxylic acids is 3. The molecule has 1 aliphatic heterocycles. The summed E-state index contributed by atoms with van der Waals surface area (Å²) in [7, 11) is 0. The molecule has 1 fully saturated rings. The van der Waals surface area contributed by atoms with E-state index in [2.05, 4.69) is 25.8 Å². The number of pyridine rings is 1. The number of halogens is 1. The van der Waals surface area contributed by atoms with Crippen LogP contribution >= 0.6 is 11.6 Å². The van der Waals surface area contributed by atoms with Gasteiger partial charge in [0.05, 0.1) is 23.8 Å². The summed E-state index contributed by atoms with van der Waals surface area (Å²) in [6.45, 7) is 8.46. The predicted molar refractivity (Wildman–Crippen MR) is 175 cm³/mol. The van der Waals surface area contributed by atoms with Crippen LogP contribution in [-0.4, -0.2) is 65.0 Å². The predicted octanol–water partition coefficient (Wildman–Crippen LogP) is 5.80. The first kappa shape index (κ1) is 33.3. The van der Waals surface area contributed by atoms with Crippen molar-refractivity contribution < 1.29 is 24.3 Å². The van der Waals surface area contributed by atoms with E-state index >= 15 is 0 Å². The van der Waals surface area contributed by atoms with Crippen molar-refractivity contribution in [3.05, 3.63) is 83.1 Å². The lowest BCUT2D eigenvalue weighted by molar-refractivity contribution is -0.137. The van der Waals surface area contributed by atoms with Crippen molar-refractivity contribution in [3.63, 3.8) is 0 Å². The number of hydrogen-bond donors (Lipinski definition) is 4. The van der Waals surface area contributed by atoms with Gasteiger partial charge in [-0.3, -0.25) is 19.4 Å². The molecule has 0 aliphatic carbocycles. The Hall–Kier alpha value is -4.64. The van der Waals surface area contributed by atoms with Gasteiger partial charge in [-0.25, -0.2) is 4.79 Å². The van der Waals surface area contributed by atoms with E-state index in [0.717, 1.165) is 6.42 Å². The molecule has 0 bridgehead atoms. The van der Waals surface area contributed by atoms with Crippen molar-refractivity contribution in [2.45, 2.75) is 46.1 Å². The van der Waals surface area contributed by atoms with Crippen molar-refractivity contribution in [3.8, 4) is 0 Å². The van der Waals surface area contributed by atoms with Gasteiger partial charge in [-0.2, -0.15) is 0 Å². The highest BCUT2D eigenvalue weighted by atomic mass is 35.5. The van der Waals surface area contributed by atoms with Crippen LogP contribution in [-0.2, 0) is 9.59 Å². The third-order valence-electron chi connectivity index (χ3n) is 7.25. The van der Waals surface area contributed by atoms with E-state index < -0.39 is 23.9 Å². The molecule has 2 aromatic carbocycles. The van der Waals surface area contributed by atoms with E-state index in [9.17, 15) is 24.3 Å². The number of amides is 4. The van der Waals surface area contributed by atoms with Crippen molar-refractivity contribution in [1.82, 2.24) is 15.2 Å². The molecule has 2 heterocycles. The van der Waals surface area contributed by atoms with Gasteiger partial charge < -0.3 is 30.9 Å². The van der Waals surface area contributed by atoms with Crippen LogP contribution in [0.5, 0.6) is 0 Å². The number of benzene rings is 2. The fourth-order valence-electron chi connectivity index (χ4n) is 5.09. The lowest BCUT2D eigenvalue weighted by Gasteiger charge is -2.27. The van der Waals surface area contributed by atoms with Crippen molar-refractivity contribution in [2.24, 2.45) is 5.41 Å². The van der Waals surface area contributed by atoms with Gasteiger partial charge in [0, 0.05) is 61.3 Å². The highest BCUT2D eigenvalue weighted by Gasteiger charge is 2.26. The molecule has 4 N–H and O–H groups in total. The first-order chi connectivity index (χ1) is 21.4. The van der Waals surface area contributed by atoms with Crippen LogP contribution < -0.4 is 20.9 Å². The zero-order valence-electron chi connectivity index (χ0n) is 25.7. The highest BCUT2D eigenvalue weighted by Crippen LogP contribution is 2.30. The van der Waals surface area contributed by atoms with Crippen LogP contribution in [0.4, 0.5) is 21.9 Å². The number of anilines is 3. The minimum absolute atomic E-state index is 0.113. The smallest absolute Gasteiger partial charge is 0.323 e. The zero-order chi connectivity index (χ0) is 32.6. The molecule has 45 heavy (non-hydrogen) atoms. The molecule has 1 atom stereocenters. The molecule has 0 spiro atoms. The Bertz CT molecular complexity index is 1510. The number of aliphatic carboxylic acids is 1. The van der Waals surface area contributed by atoms with Crippen molar-refractivity contribution >= 4 is 52.5 Å². The van der Waals surface area contributed by atoms with E-state index in [0.29, 0.717) is 60.2 Å². The molecule has 1 saturated heterocycles. The molecular formula is C33H39ClN6O5. The van der Waals surface area contributed by atoms with Gasteiger partial charge in [0.25, 0.3) is 5.91 Å². The van der Waals surface area contributed by atoms with Crippen LogP contribution in [0.25, 0.3) is 0 Å². The first-order valence-electron chi connectivity index (χ1n) is 14.8. The van der Waals surface area contributed by atoms with Gasteiger partial charge in [-0.05, 0) is 65.9 Å². The minimum atomic E-state index is -1.07. The fraction of sp³-hybridized carbons (Fsp3) is 0.364. The van der Waals surface area contributed by atoms with Crippen LogP contribution in [0.1, 0.15) is 62.0 Å². The Morgan fingerprint density at radius 1 is 0.978 bits per heavy atom. The van der Waals surface area contributed by atoms with E-state index in [4.69, 9.17) is 11.6 Å². The molecule has 4 rings (SSSR count). The lowest BCUT2D eigenvalue weighted by atomic mass is 9.91. The quantitative estimate of drug-likeness (QED) is 0.233. The Morgan fingerprint density at radius 3 is 2.40 bits per heavy atom. The highest BCUT2D eigenvalue weighted by molar-refractivity contribution is 6.30. The summed E-state index contributed by atoms with van der Waals surface area (Å²) in [6.07, 6.45) is 3.94. The second-order valence-electron chi connectivity index (χ2n) is 12.2. The zero-order valence-corrected chi connectivity index (χ0v) is 26.4. The van der Waals surface area contributed by atoms with Gasteiger partial charge in [-0.1, -0.05) is 38.4 Å². The number of aromatic nitrogens is 1. The maximum absolute atomic E-state index is 13.4. The summed E-state index contributed by atoms with van der Waals surface area (Å²) in [6, 6.07) is 13.7. The summed E-state index contributed by atoms with van der Waals surface area (Å²) in [5.74, 6) is -1.47. The molecular weight excluding hydrogens is 596 g/mol. The Labute approximate surface area is 268 Å². The summed E-state index contributed by atoms with van der Waals surface area (Å²) in [5, 5.41) is 18.4. The normalized spacial score (nSPS) is 14.2. The summed E-state index contributed by atoms with van der Waals surface area (Å²) < 4.78 is 0. The Kier molecular flexibility index (Phi) is 11.0. The number of carboxylic acids is 1. The molecule has 12 heteroatoms. The molecule has 1 aromatic heterocycles. The molecule has 238 valence electrons. The monoisotopic (exact) mass is 634 g/mol. The van der Waals surface area contributed by atoms with E-state index in [-0.39, 0.29) is 23.3 Å². The molecule has 3 aromatic rings. The average Bonchev–Trinajstić information content (AvgIpc) is 3.24. The number of nitrogens with one attached hydrogen (secondary N) is 3. The van der Waals surface area contributed by atoms with Gasteiger partial charge in [0.15, 0.2) is 0 Å². The maximum Gasteiger partial charge on any atom is 0.323 e. The summed E-state index contributed by atoms with van der Waals surface area (Å²) in [5.41, 5.74) is 2.28. The Balaban J connectivity index is 1.58. The van der Waals surface area contributed by atoms with Crippen LogP contribution in [0, 0.1) is 5.41 Å². The van der Waals surface area contributed by atoms with E-state index in [1.165, 1.54) is 6.20 Å². The largest absolute Gasteiger partial charge is 0.481 e. The summed E-state index contributed by atoms with van der Waals surface area (Å²) in [4.78, 5) is 59.1. The molecule has 4 amide bonds. The number of hydrogen-bond acceptors (Lipinski definition) is 6. The topological polar surface area (TPSA) is 144 Å². The number of carbonyl (C=O) groups is 4. The van der Waals surface area contributed by atoms with Crippen molar-refractivity contribution in [2.75, 3.05) is 41.7 Å². The van der Waals surface area contributed by atoms with Crippen molar-refractivity contribution in [1.29, 1.82) is 0 Å². The maximum atomic E-state index is 13.4. The molecule has 1 aliphatic rings. The van der Waals surface area contributed by atoms with Gasteiger partial charge in [0.1, 0.15) is 0 Å². The third kappa shape index (κ3) is 9.94. The van der Waals surface area contributed by atoms with Crippen LogP contribution in [0.3, 0.4) is 0 Å².